The van der Waals surface area contributed by atoms with Gasteiger partial charge in [0.2, 0.25) is 5.91 Å². The van der Waals surface area contributed by atoms with E-state index in [0.717, 1.165) is 0 Å². The molecule has 0 fully saturated rings. The van der Waals surface area contributed by atoms with Gasteiger partial charge in [-0.25, -0.2) is 9.97 Å². The van der Waals surface area contributed by atoms with Gasteiger partial charge in [0.15, 0.2) is 0 Å². The number of primary amides is 1. The molecule has 0 aliphatic heterocycles. The number of hydrogen-bond donors (Lipinski definition) is 3. The van der Waals surface area contributed by atoms with E-state index in [2.05, 4.69) is 15.3 Å². The van der Waals surface area contributed by atoms with Crippen LogP contribution in [0.5, 0.6) is 0 Å². The number of nitrogens with one attached hydrogen (secondary N) is 1. The van der Waals surface area contributed by atoms with Gasteiger partial charge in [-0.2, -0.15) is 0 Å². The standard InChI is InChI=1S/C9H13N5O2/c1-9(2,8(11)16)14-7(15)5-3-13-6(10)4-12-5/h3-4H,1-2H3,(H2,10,13)(H2,11,16)(H,14,15). The van der Waals surface area contributed by atoms with Crippen LogP contribution in [-0.2, 0) is 4.79 Å². The van der Waals surface area contributed by atoms with Crippen LogP contribution >= 0.6 is 0 Å². The highest BCUT2D eigenvalue weighted by atomic mass is 16.2. The Morgan fingerprint density at radius 2 is 1.94 bits per heavy atom. The average Bonchev–Trinajstić information content (AvgIpc) is 2.17. The quantitative estimate of drug-likeness (QED) is 0.609. The molecule has 7 nitrogen and oxygen atoms in total. The van der Waals surface area contributed by atoms with Crippen LogP contribution < -0.4 is 16.8 Å². The monoisotopic (exact) mass is 223 g/mol. The Hall–Kier alpha value is -2.18. The molecule has 0 aromatic carbocycles. The molecule has 7 heteroatoms. The molecule has 0 bridgehead atoms. The molecule has 86 valence electrons. The van der Waals surface area contributed by atoms with Crippen LogP contribution in [0.4, 0.5) is 5.82 Å². The maximum Gasteiger partial charge on any atom is 0.272 e. The van der Waals surface area contributed by atoms with E-state index in [1.165, 1.54) is 26.2 Å². The fraction of sp³-hybridized carbons (Fsp3) is 0.333. The molecule has 0 saturated heterocycles. The SMILES string of the molecule is CC(C)(NC(=O)c1cnc(N)cn1)C(N)=O. The largest absolute Gasteiger partial charge is 0.382 e. The van der Waals surface area contributed by atoms with Crippen molar-refractivity contribution in [3.05, 3.63) is 18.1 Å². The number of nitrogens with zero attached hydrogens (tertiary/aromatic N) is 2. The van der Waals surface area contributed by atoms with Crippen molar-refractivity contribution in [3.63, 3.8) is 0 Å². The summed E-state index contributed by atoms with van der Waals surface area (Å²) >= 11 is 0. The van der Waals surface area contributed by atoms with Gasteiger partial charge in [0.25, 0.3) is 5.91 Å². The van der Waals surface area contributed by atoms with Gasteiger partial charge in [0.1, 0.15) is 17.1 Å². The van der Waals surface area contributed by atoms with Crippen LogP contribution in [0.15, 0.2) is 12.4 Å². The number of aromatic nitrogens is 2. The Labute approximate surface area is 92.2 Å². The maximum absolute atomic E-state index is 11.6. The van der Waals surface area contributed by atoms with E-state index >= 15 is 0 Å². The van der Waals surface area contributed by atoms with Crippen LogP contribution in [-0.4, -0.2) is 27.3 Å². The molecule has 1 aromatic heterocycles. The van der Waals surface area contributed by atoms with Gasteiger partial charge >= 0.3 is 0 Å². The second kappa shape index (κ2) is 4.13. The molecular formula is C9H13N5O2. The molecular weight excluding hydrogens is 210 g/mol. The van der Waals surface area contributed by atoms with E-state index in [0.29, 0.717) is 0 Å². The number of hydrogen-bond acceptors (Lipinski definition) is 5. The van der Waals surface area contributed by atoms with Gasteiger partial charge in [-0.3, -0.25) is 9.59 Å². The van der Waals surface area contributed by atoms with Gasteiger partial charge in [0, 0.05) is 0 Å². The minimum Gasteiger partial charge on any atom is -0.382 e. The lowest BCUT2D eigenvalue weighted by atomic mass is 10.1. The van der Waals surface area contributed by atoms with Crippen LogP contribution in [0.3, 0.4) is 0 Å². The van der Waals surface area contributed by atoms with Crippen LogP contribution in [0, 0.1) is 0 Å². The second-order valence-electron chi connectivity index (χ2n) is 3.77. The Morgan fingerprint density at radius 1 is 1.31 bits per heavy atom. The van der Waals surface area contributed by atoms with Gasteiger partial charge < -0.3 is 16.8 Å². The predicted octanol–water partition coefficient (Wildman–Crippen LogP) is -0.947. The molecule has 0 radical (unpaired) electrons. The third kappa shape index (κ3) is 2.66. The number of anilines is 1. The number of amides is 2. The molecule has 16 heavy (non-hydrogen) atoms. The van der Waals surface area contributed by atoms with Crippen LogP contribution in [0.25, 0.3) is 0 Å². The number of nitrogens with two attached hydrogens (primary N) is 2. The summed E-state index contributed by atoms with van der Waals surface area (Å²) < 4.78 is 0. The van der Waals surface area contributed by atoms with Crippen molar-refractivity contribution < 1.29 is 9.59 Å². The average molecular weight is 223 g/mol. The lowest BCUT2D eigenvalue weighted by Gasteiger charge is -2.21. The Kier molecular flexibility index (Phi) is 3.07. The zero-order valence-corrected chi connectivity index (χ0v) is 9.02. The summed E-state index contributed by atoms with van der Waals surface area (Å²) in [6.07, 6.45) is 2.48. The normalized spacial score (nSPS) is 10.9. The molecule has 2 amide bonds. The molecule has 1 aromatic rings. The second-order valence-corrected chi connectivity index (χ2v) is 3.77. The number of nitrogen functional groups attached to an aromatic ring is 1. The summed E-state index contributed by atoms with van der Waals surface area (Å²) in [7, 11) is 0. The number of carbonyl (C=O) groups is 2. The maximum atomic E-state index is 11.6. The van der Waals surface area contributed by atoms with Crippen molar-refractivity contribution in [1.29, 1.82) is 0 Å². The smallest absolute Gasteiger partial charge is 0.272 e. The van der Waals surface area contributed by atoms with E-state index in [-0.39, 0.29) is 11.5 Å². The molecule has 0 atom stereocenters. The molecule has 0 aliphatic rings. The molecule has 0 saturated carbocycles. The van der Waals surface area contributed by atoms with Crippen molar-refractivity contribution in [2.45, 2.75) is 19.4 Å². The summed E-state index contributed by atoms with van der Waals surface area (Å²) in [5, 5.41) is 2.43. The molecule has 0 aliphatic carbocycles. The van der Waals surface area contributed by atoms with Gasteiger partial charge in [-0.1, -0.05) is 0 Å². The third-order valence-corrected chi connectivity index (χ3v) is 1.95. The van der Waals surface area contributed by atoms with E-state index in [1.54, 1.807) is 0 Å². The first-order valence-corrected chi connectivity index (χ1v) is 4.53. The molecule has 0 unspecified atom stereocenters. The highest BCUT2D eigenvalue weighted by Crippen LogP contribution is 2.03. The lowest BCUT2D eigenvalue weighted by Crippen LogP contribution is -2.53. The Balaban J connectivity index is 2.81. The van der Waals surface area contributed by atoms with E-state index in [9.17, 15) is 9.59 Å². The first-order chi connectivity index (χ1) is 7.33. The summed E-state index contributed by atoms with van der Waals surface area (Å²) in [5.74, 6) is -0.953. The van der Waals surface area contributed by atoms with Crippen molar-refractivity contribution in [3.8, 4) is 0 Å². The predicted molar refractivity (Wildman–Crippen MR) is 57.2 cm³/mol. The summed E-state index contributed by atoms with van der Waals surface area (Å²) in [6.45, 7) is 3.00. The van der Waals surface area contributed by atoms with Crippen LogP contribution in [0.1, 0.15) is 24.3 Å². The van der Waals surface area contributed by atoms with Gasteiger partial charge in [0.05, 0.1) is 12.4 Å². The Morgan fingerprint density at radius 3 is 2.38 bits per heavy atom. The zero-order valence-electron chi connectivity index (χ0n) is 9.02. The molecule has 0 spiro atoms. The lowest BCUT2D eigenvalue weighted by molar-refractivity contribution is -0.122. The fourth-order valence-corrected chi connectivity index (χ4v) is 0.865. The van der Waals surface area contributed by atoms with Crippen LogP contribution in [0.2, 0.25) is 0 Å². The summed E-state index contributed by atoms with van der Waals surface area (Å²) in [6, 6.07) is 0. The topological polar surface area (TPSA) is 124 Å². The van der Waals surface area contributed by atoms with Crippen molar-refractivity contribution >= 4 is 17.6 Å². The molecule has 1 rings (SSSR count). The third-order valence-electron chi connectivity index (χ3n) is 1.95. The highest BCUT2D eigenvalue weighted by molar-refractivity contribution is 5.97. The highest BCUT2D eigenvalue weighted by Gasteiger charge is 2.27. The molecule has 5 N–H and O–H groups in total. The molecule has 1 heterocycles. The minimum absolute atomic E-state index is 0.0727. The summed E-state index contributed by atoms with van der Waals surface area (Å²) in [4.78, 5) is 30.1. The number of rotatable bonds is 3. The Bertz CT molecular complexity index is 412. The van der Waals surface area contributed by atoms with Crippen molar-refractivity contribution in [1.82, 2.24) is 15.3 Å². The number of carbonyl (C=O) groups excluding carboxylic acids is 2. The van der Waals surface area contributed by atoms with Gasteiger partial charge in [-0.05, 0) is 13.8 Å². The van der Waals surface area contributed by atoms with Crippen molar-refractivity contribution in [2.75, 3.05) is 5.73 Å². The first-order valence-electron chi connectivity index (χ1n) is 4.53. The minimum atomic E-state index is -1.14. The first kappa shape index (κ1) is 11.9. The van der Waals surface area contributed by atoms with E-state index in [4.69, 9.17) is 11.5 Å². The van der Waals surface area contributed by atoms with Gasteiger partial charge in [-0.15, -0.1) is 0 Å². The van der Waals surface area contributed by atoms with E-state index in [1.807, 2.05) is 0 Å². The van der Waals surface area contributed by atoms with E-state index < -0.39 is 17.4 Å². The van der Waals surface area contributed by atoms with Crippen molar-refractivity contribution in [2.24, 2.45) is 5.73 Å². The zero-order chi connectivity index (χ0) is 12.3. The fourth-order valence-electron chi connectivity index (χ4n) is 0.865. The summed E-state index contributed by atoms with van der Waals surface area (Å²) in [5.41, 5.74) is 9.37.